The minimum atomic E-state index is -0.430. The SMILES string of the molecule is COC(C)(C)C(=NC1CCCCCC1)NN. The summed E-state index contributed by atoms with van der Waals surface area (Å²) in [6, 6.07) is 0.406. The van der Waals surface area contributed by atoms with Crippen LogP contribution < -0.4 is 11.3 Å². The Labute approximate surface area is 98.6 Å². The fourth-order valence-corrected chi connectivity index (χ4v) is 2.03. The van der Waals surface area contributed by atoms with Crippen LogP contribution in [-0.2, 0) is 4.74 Å². The van der Waals surface area contributed by atoms with E-state index in [1.807, 2.05) is 13.8 Å². The van der Waals surface area contributed by atoms with Crippen LogP contribution in [0.5, 0.6) is 0 Å². The fraction of sp³-hybridized carbons (Fsp3) is 0.917. The second-order valence-electron chi connectivity index (χ2n) is 4.98. The molecular weight excluding hydrogens is 202 g/mol. The molecule has 1 aliphatic rings. The molecule has 3 N–H and O–H groups in total. The Morgan fingerprint density at radius 1 is 1.25 bits per heavy atom. The summed E-state index contributed by atoms with van der Waals surface area (Å²) < 4.78 is 5.39. The van der Waals surface area contributed by atoms with E-state index < -0.39 is 5.60 Å². The Balaban J connectivity index is 2.69. The number of aliphatic imine (C=N–C) groups is 1. The summed E-state index contributed by atoms with van der Waals surface area (Å²) >= 11 is 0. The van der Waals surface area contributed by atoms with Gasteiger partial charge in [-0.05, 0) is 26.7 Å². The van der Waals surface area contributed by atoms with Gasteiger partial charge in [-0.3, -0.25) is 4.99 Å². The van der Waals surface area contributed by atoms with Gasteiger partial charge in [0.2, 0.25) is 0 Å². The van der Waals surface area contributed by atoms with Crippen LogP contribution in [0.15, 0.2) is 4.99 Å². The van der Waals surface area contributed by atoms with E-state index in [2.05, 4.69) is 5.43 Å². The van der Waals surface area contributed by atoms with Crippen LogP contribution in [0.25, 0.3) is 0 Å². The lowest BCUT2D eigenvalue weighted by Gasteiger charge is -2.26. The Kier molecular flexibility index (Phi) is 5.22. The van der Waals surface area contributed by atoms with Crippen molar-refractivity contribution in [2.45, 2.75) is 64.0 Å². The molecule has 1 saturated carbocycles. The zero-order valence-corrected chi connectivity index (χ0v) is 10.8. The Bertz CT molecular complexity index is 230. The van der Waals surface area contributed by atoms with E-state index in [1.54, 1.807) is 7.11 Å². The fourth-order valence-electron chi connectivity index (χ4n) is 2.03. The van der Waals surface area contributed by atoms with Gasteiger partial charge >= 0.3 is 0 Å². The van der Waals surface area contributed by atoms with E-state index in [4.69, 9.17) is 15.6 Å². The summed E-state index contributed by atoms with van der Waals surface area (Å²) in [4.78, 5) is 4.71. The molecule has 0 heterocycles. The molecule has 0 aliphatic heterocycles. The topological polar surface area (TPSA) is 59.6 Å². The van der Waals surface area contributed by atoms with Gasteiger partial charge in [0.1, 0.15) is 11.4 Å². The molecule has 1 fully saturated rings. The third-order valence-corrected chi connectivity index (χ3v) is 3.35. The summed E-state index contributed by atoms with van der Waals surface area (Å²) in [5, 5.41) is 0. The Morgan fingerprint density at radius 3 is 2.25 bits per heavy atom. The van der Waals surface area contributed by atoms with Crippen molar-refractivity contribution < 1.29 is 4.74 Å². The van der Waals surface area contributed by atoms with Crippen LogP contribution in [0.1, 0.15) is 52.4 Å². The molecule has 1 rings (SSSR count). The van der Waals surface area contributed by atoms with Gasteiger partial charge in [-0.1, -0.05) is 25.7 Å². The summed E-state index contributed by atoms with van der Waals surface area (Å²) in [7, 11) is 1.68. The van der Waals surface area contributed by atoms with Crippen LogP contribution in [0.3, 0.4) is 0 Å². The van der Waals surface area contributed by atoms with Crippen molar-refractivity contribution in [1.29, 1.82) is 0 Å². The number of nitrogens with two attached hydrogens (primary N) is 1. The quantitative estimate of drug-likeness (QED) is 0.255. The Morgan fingerprint density at radius 2 is 1.81 bits per heavy atom. The monoisotopic (exact) mass is 227 g/mol. The van der Waals surface area contributed by atoms with Gasteiger partial charge in [0, 0.05) is 7.11 Å². The minimum absolute atomic E-state index is 0.406. The zero-order chi connectivity index (χ0) is 12.0. The maximum absolute atomic E-state index is 5.53. The van der Waals surface area contributed by atoms with Crippen LogP contribution in [0.2, 0.25) is 0 Å². The van der Waals surface area contributed by atoms with Gasteiger partial charge in [-0.15, -0.1) is 0 Å². The molecule has 1 aliphatic carbocycles. The second kappa shape index (κ2) is 6.21. The third-order valence-electron chi connectivity index (χ3n) is 3.35. The van der Waals surface area contributed by atoms with Crippen molar-refractivity contribution >= 4 is 5.84 Å². The number of hydrogen-bond acceptors (Lipinski definition) is 3. The lowest BCUT2D eigenvalue weighted by molar-refractivity contribution is 0.0791. The van der Waals surface area contributed by atoms with Gasteiger partial charge in [0.15, 0.2) is 0 Å². The lowest BCUT2D eigenvalue weighted by atomic mass is 10.1. The second-order valence-corrected chi connectivity index (χ2v) is 4.98. The van der Waals surface area contributed by atoms with E-state index in [1.165, 1.54) is 38.5 Å². The predicted octanol–water partition coefficient (Wildman–Crippen LogP) is 2.00. The standard InChI is InChI=1S/C12H25N3O/c1-12(2,16-3)11(15-13)14-10-8-6-4-5-7-9-10/h10H,4-9,13H2,1-3H3,(H,14,15). The molecule has 0 radical (unpaired) electrons. The molecule has 4 heteroatoms. The molecule has 0 bridgehead atoms. The molecule has 16 heavy (non-hydrogen) atoms. The van der Waals surface area contributed by atoms with Gasteiger partial charge in [0.25, 0.3) is 0 Å². The molecule has 0 aromatic heterocycles. The molecule has 94 valence electrons. The normalized spacial score (nSPS) is 20.6. The average molecular weight is 227 g/mol. The first-order valence-electron chi connectivity index (χ1n) is 6.20. The van der Waals surface area contributed by atoms with Crippen molar-refractivity contribution in [3.8, 4) is 0 Å². The first-order valence-corrected chi connectivity index (χ1v) is 6.20. The van der Waals surface area contributed by atoms with Crippen molar-refractivity contribution in [2.75, 3.05) is 7.11 Å². The number of nitrogens with one attached hydrogen (secondary N) is 1. The van der Waals surface area contributed by atoms with Gasteiger partial charge < -0.3 is 10.2 Å². The highest BCUT2D eigenvalue weighted by Crippen LogP contribution is 2.21. The number of hydrazine groups is 1. The number of hydrogen-bond donors (Lipinski definition) is 2. The first kappa shape index (κ1) is 13.5. The van der Waals surface area contributed by atoms with Crippen LogP contribution >= 0.6 is 0 Å². The number of methoxy groups -OCH3 is 1. The van der Waals surface area contributed by atoms with Crippen molar-refractivity contribution in [3.63, 3.8) is 0 Å². The number of rotatable bonds is 3. The van der Waals surface area contributed by atoms with E-state index in [-0.39, 0.29) is 0 Å². The average Bonchev–Trinajstić information content (AvgIpc) is 2.54. The highest BCUT2D eigenvalue weighted by atomic mass is 16.5. The highest BCUT2D eigenvalue weighted by Gasteiger charge is 2.25. The van der Waals surface area contributed by atoms with E-state index in [0.717, 1.165) is 5.84 Å². The molecule has 0 amide bonds. The molecule has 0 aromatic rings. The van der Waals surface area contributed by atoms with Crippen LogP contribution in [0.4, 0.5) is 0 Å². The van der Waals surface area contributed by atoms with Crippen molar-refractivity contribution in [2.24, 2.45) is 10.8 Å². The number of nitrogens with zero attached hydrogens (tertiary/aromatic N) is 1. The zero-order valence-electron chi connectivity index (χ0n) is 10.8. The molecule has 0 spiro atoms. The first-order chi connectivity index (χ1) is 7.60. The van der Waals surface area contributed by atoms with Gasteiger partial charge in [0.05, 0.1) is 6.04 Å². The van der Waals surface area contributed by atoms with E-state index in [9.17, 15) is 0 Å². The largest absolute Gasteiger partial charge is 0.371 e. The van der Waals surface area contributed by atoms with E-state index in [0.29, 0.717) is 6.04 Å². The van der Waals surface area contributed by atoms with Gasteiger partial charge in [-0.25, -0.2) is 5.84 Å². The number of amidine groups is 1. The molecule has 0 saturated heterocycles. The third kappa shape index (κ3) is 3.76. The Hall–Kier alpha value is -0.610. The lowest BCUT2D eigenvalue weighted by Crippen LogP contribution is -2.47. The summed E-state index contributed by atoms with van der Waals surface area (Å²) in [5.41, 5.74) is 2.26. The van der Waals surface area contributed by atoms with Crippen LogP contribution in [0, 0.1) is 0 Å². The van der Waals surface area contributed by atoms with E-state index >= 15 is 0 Å². The number of ether oxygens (including phenoxy) is 1. The highest BCUT2D eigenvalue weighted by molar-refractivity contribution is 5.89. The molecule has 0 unspecified atom stereocenters. The smallest absolute Gasteiger partial charge is 0.143 e. The predicted molar refractivity (Wildman–Crippen MR) is 67.3 cm³/mol. The summed E-state index contributed by atoms with van der Waals surface area (Å²) in [6.07, 6.45) is 7.57. The minimum Gasteiger partial charge on any atom is -0.371 e. The molecule has 4 nitrogen and oxygen atoms in total. The summed E-state index contributed by atoms with van der Waals surface area (Å²) in [5.74, 6) is 6.28. The molecule has 0 atom stereocenters. The summed E-state index contributed by atoms with van der Waals surface area (Å²) in [6.45, 7) is 3.95. The van der Waals surface area contributed by atoms with Gasteiger partial charge in [-0.2, -0.15) is 0 Å². The van der Waals surface area contributed by atoms with Crippen molar-refractivity contribution in [3.05, 3.63) is 0 Å². The van der Waals surface area contributed by atoms with Crippen molar-refractivity contribution in [1.82, 2.24) is 5.43 Å². The maximum Gasteiger partial charge on any atom is 0.143 e. The molecule has 0 aromatic carbocycles. The molecular formula is C12H25N3O. The van der Waals surface area contributed by atoms with Crippen LogP contribution in [-0.4, -0.2) is 24.6 Å². The maximum atomic E-state index is 5.53.